The molecule has 2 heterocycles. The van der Waals surface area contributed by atoms with E-state index in [9.17, 15) is 19.8 Å². The predicted octanol–water partition coefficient (Wildman–Crippen LogP) is 3.35. The number of hydrogen-bond acceptors (Lipinski definition) is 5. The highest BCUT2D eigenvalue weighted by atomic mass is 35.5. The van der Waals surface area contributed by atoms with Gasteiger partial charge in [-0.05, 0) is 42.5 Å². The van der Waals surface area contributed by atoms with E-state index in [1.54, 1.807) is 30.5 Å². The Morgan fingerprint density at radius 1 is 1.06 bits per heavy atom. The summed E-state index contributed by atoms with van der Waals surface area (Å²) in [6, 6.07) is 11.2. The summed E-state index contributed by atoms with van der Waals surface area (Å²) in [5, 5.41) is 20.8. The SMILES string of the molecule is Cn1cc([C@@H](C(=O)O)N2CCN(CCOc3ccc(Cl)cc3)CC2)c2cc(C(=O)O)ccc21. The standard InChI is InChI=1S/C24H26ClN3O5/c1-26-15-20(19-14-16(23(29)30)2-7-21(19)26)22(24(31)32)28-10-8-27(9-11-28)12-13-33-18-5-3-17(25)4-6-18/h2-7,14-15,22H,8-13H2,1H3,(H,29,30)(H,31,32)/t22-/m0/s1. The zero-order valence-corrected chi connectivity index (χ0v) is 19.0. The number of carbonyl (C=O) groups is 2. The number of nitrogens with zero attached hydrogens (tertiary/aromatic N) is 3. The number of benzene rings is 2. The predicted molar refractivity (Wildman–Crippen MR) is 125 cm³/mol. The lowest BCUT2D eigenvalue weighted by molar-refractivity contribution is -0.144. The molecule has 1 fully saturated rings. The van der Waals surface area contributed by atoms with Gasteiger partial charge in [0.25, 0.3) is 0 Å². The lowest BCUT2D eigenvalue weighted by atomic mass is 10.0. The van der Waals surface area contributed by atoms with E-state index in [-0.39, 0.29) is 5.56 Å². The molecule has 174 valence electrons. The molecule has 1 atom stereocenters. The number of aliphatic carboxylic acids is 1. The first-order valence-corrected chi connectivity index (χ1v) is 11.1. The molecule has 8 nitrogen and oxygen atoms in total. The fourth-order valence-corrected chi connectivity index (χ4v) is 4.45. The van der Waals surface area contributed by atoms with E-state index in [0.717, 1.165) is 30.9 Å². The van der Waals surface area contributed by atoms with Crippen LogP contribution in [0.3, 0.4) is 0 Å². The molecule has 1 aliphatic rings. The Morgan fingerprint density at radius 3 is 2.39 bits per heavy atom. The van der Waals surface area contributed by atoms with Crippen LogP contribution in [0.2, 0.25) is 5.02 Å². The summed E-state index contributed by atoms with van der Waals surface area (Å²) < 4.78 is 7.61. The van der Waals surface area contributed by atoms with Crippen LogP contribution in [-0.4, -0.2) is 75.8 Å². The number of hydrogen-bond donors (Lipinski definition) is 2. The van der Waals surface area contributed by atoms with Gasteiger partial charge in [0, 0.05) is 67.5 Å². The highest BCUT2D eigenvalue weighted by molar-refractivity contribution is 6.30. The molecule has 4 rings (SSSR count). The van der Waals surface area contributed by atoms with Gasteiger partial charge in [-0.2, -0.15) is 0 Å². The van der Waals surface area contributed by atoms with Gasteiger partial charge in [-0.15, -0.1) is 0 Å². The van der Waals surface area contributed by atoms with Crippen LogP contribution in [0, 0.1) is 0 Å². The van der Waals surface area contributed by atoms with Gasteiger partial charge in [0.05, 0.1) is 5.56 Å². The van der Waals surface area contributed by atoms with E-state index in [1.165, 1.54) is 6.07 Å². The van der Waals surface area contributed by atoms with Crippen molar-refractivity contribution in [1.82, 2.24) is 14.4 Å². The van der Waals surface area contributed by atoms with E-state index >= 15 is 0 Å². The maximum Gasteiger partial charge on any atom is 0.335 e. The quantitative estimate of drug-likeness (QED) is 0.520. The Balaban J connectivity index is 1.43. The number of ether oxygens (including phenoxy) is 1. The Kier molecular flexibility index (Phi) is 6.88. The normalized spacial score (nSPS) is 16.1. The smallest absolute Gasteiger partial charge is 0.335 e. The van der Waals surface area contributed by atoms with Crippen molar-refractivity contribution in [2.75, 3.05) is 39.3 Å². The number of rotatable bonds is 8. The third-order valence-corrected chi connectivity index (χ3v) is 6.31. The maximum atomic E-state index is 12.3. The van der Waals surface area contributed by atoms with Gasteiger partial charge in [-0.25, -0.2) is 4.79 Å². The monoisotopic (exact) mass is 471 g/mol. The second kappa shape index (κ2) is 9.82. The molecule has 3 aromatic rings. The molecule has 0 unspecified atom stereocenters. The minimum absolute atomic E-state index is 0.143. The first-order chi connectivity index (χ1) is 15.8. The molecule has 0 radical (unpaired) electrons. The van der Waals surface area contributed by atoms with Crippen LogP contribution < -0.4 is 4.74 Å². The second-order valence-corrected chi connectivity index (χ2v) is 8.59. The number of piperazine rings is 1. The summed E-state index contributed by atoms with van der Waals surface area (Å²) in [7, 11) is 1.84. The number of fused-ring (bicyclic) bond motifs is 1. The maximum absolute atomic E-state index is 12.3. The van der Waals surface area contributed by atoms with Crippen molar-refractivity contribution >= 4 is 34.4 Å². The van der Waals surface area contributed by atoms with Gasteiger partial charge in [0.1, 0.15) is 18.4 Å². The lowest BCUT2D eigenvalue weighted by Gasteiger charge is -2.37. The van der Waals surface area contributed by atoms with Crippen LogP contribution in [0.25, 0.3) is 10.9 Å². The molecule has 33 heavy (non-hydrogen) atoms. The van der Waals surface area contributed by atoms with Crippen LogP contribution in [0.5, 0.6) is 5.75 Å². The van der Waals surface area contributed by atoms with Gasteiger partial charge >= 0.3 is 11.9 Å². The fraction of sp³-hybridized carbons (Fsp3) is 0.333. The Hall–Kier alpha value is -3.07. The van der Waals surface area contributed by atoms with E-state index in [1.807, 2.05) is 28.6 Å². The van der Waals surface area contributed by atoms with Crippen LogP contribution in [0.4, 0.5) is 0 Å². The van der Waals surface area contributed by atoms with Crippen molar-refractivity contribution < 1.29 is 24.5 Å². The summed E-state index contributed by atoms with van der Waals surface area (Å²) in [5.74, 6) is -1.21. The molecule has 0 spiro atoms. The topological polar surface area (TPSA) is 95.2 Å². The van der Waals surface area contributed by atoms with Crippen molar-refractivity contribution in [3.8, 4) is 5.75 Å². The van der Waals surface area contributed by atoms with Gasteiger partial charge in [0.15, 0.2) is 0 Å². The fourth-order valence-electron chi connectivity index (χ4n) is 4.33. The van der Waals surface area contributed by atoms with Gasteiger partial charge in [-0.1, -0.05) is 11.6 Å². The molecular formula is C24H26ClN3O5. The molecule has 0 bridgehead atoms. The molecule has 0 aliphatic carbocycles. The first-order valence-electron chi connectivity index (χ1n) is 10.7. The molecule has 0 saturated carbocycles. The summed E-state index contributed by atoms with van der Waals surface area (Å²) in [6.45, 7) is 3.90. The Labute approximate surface area is 196 Å². The third-order valence-electron chi connectivity index (χ3n) is 6.06. The van der Waals surface area contributed by atoms with Crippen molar-refractivity contribution in [2.24, 2.45) is 7.05 Å². The summed E-state index contributed by atoms with van der Waals surface area (Å²) in [4.78, 5) is 27.9. The number of aromatic nitrogens is 1. The zero-order valence-electron chi connectivity index (χ0n) is 18.3. The van der Waals surface area contributed by atoms with Crippen LogP contribution in [-0.2, 0) is 11.8 Å². The first kappa shape index (κ1) is 23.1. The van der Waals surface area contributed by atoms with Crippen LogP contribution in [0.15, 0.2) is 48.7 Å². The van der Waals surface area contributed by atoms with E-state index in [4.69, 9.17) is 16.3 Å². The Bertz CT molecular complexity index is 1150. The van der Waals surface area contributed by atoms with E-state index < -0.39 is 18.0 Å². The zero-order chi connectivity index (χ0) is 23.5. The molecule has 1 saturated heterocycles. The number of carboxylic acids is 2. The van der Waals surface area contributed by atoms with Crippen molar-refractivity contribution in [3.63, 3.8) is 0 Å². The van der Waals surface area contributed by atoms with Gasteiger partial charge < -0.3 is 19.5 Å². The summed E-state index contributed by atoms with van der Waals surface area (Å²) in [5.41, 5.74) is 1.56. The second-order valence-electron chi connectivity index (χ2n) is 8.15. The average molecular weight is 472 g/mol. The Morgan fingerprint density at radius 2 is 1.76 bits per heavy atom. The summed E-state index contributed by atoms with van der Waals surface area (Å²) >= 11 is 5.89. The van der Waals surface area contributed by atoms with Crippen molar-refractivity contribution in [1.29, 1.82) is 0 Å². The average Bonchev–Trinajstić information content (AvgIpc) is 3.11. The number of halogens is 1. The van der Waals surface area contributed by atoms with Crippen LogP contribution >= 0.6 is 11.6 Å². The molecule has 2 N–H and O–H groups in total. The highest BCUT2D eigenvalue weighted by Crippen LogP contribution is 2.31. The number of carboxylic acid groups (broad SMARTS) is 2. The van der Waals surface area contributed by atoms with Crippen LogP contribution in [0.1, 0.15) is 22.0 Å². The molecule has 9 heteroatoms. The largest absolute Gasteiger partial charge is 0.492 e. The summed E-state index contributed by atoms with van der Waals surface area (Å²) in [6.07, 6.45) is 1.79. The minimum Gasteiger partial charge on any atom is -0.492 e. The molecule has 1 aliphatic heterocycles. The number of aryl methyl sites for hydroxylation is 1. The molecule has 0 amide bonds. The van der Waals surface area contributed by atoms with Crippen molar-refractivity contribution in [2.45, 2.75) is 6.04 Å². The molecule has 1 aromatic heterocycles. The van der Waals surface area contributed by atoms with E-state index in [2.05, 4.69) is 4.90 Å². The molecular weight excluding hydrogens is 446 g/mol. The minimum atomic E-state index is -1.03. The van der Waals surface area contributed by atoms with Crippen molar-refractivity contribution in [3.05, 3.63) is 64.8 Å². The number of aromatic carboxylic acids is 1. The highest BCUT2D eigenvalue weighted by Gasteiger charge is 2.32. The molecule has 2 aromatic carbocycles. The third kappa shape index (κ3) is 5.13. The van der Waals surface area contributed by atoms with E-state index in [0.29, 0.717) is 35.7 Å². The lowest BCUT2D eigenvalue weighted by Crippen LogP contribution is -2.50. The van der Waals surface area contributed by atoms with Gasteiger partial charge in [0.2, 0.25) is 0 Å². The van der Waals surface area contributed by atoms with Gasteiger partial charge in [-0.3, -0.25) is 14.6 Å².